The van der Waals surface area contributed by atoms with Crippen LogP contribution in [0, 0.1) is 0 Å². The van der Waals surface area contributed by atoms with E-state index in [0.717, 1.165) is 16.8 Å². The Morgan fingerprint density at radius 2 is 1.49 bits per heavy atom. The lowest BCUT2D eigenvalue weighted by atomic mass is 9.94. The van der Waals surface area contributed by atoms with E-state index in [4.69, 9.17) is 0 Å². The number of nitrogens with zero attached hydrogens (tertiary/aromatic N) is 1. The number of aromatic amines is 2. The average Bonchev–Trinajstić information content (AvgIpc) is 3.27. The summed E-state index contributed by atoms with van der Waals surface area (Å²) in [6, 6.07) is 23.6. The molecule has 0 radical (unpaired) electrons. The van der Waals surface area contributed by atoms with Gasteiger partial charge in [0, 0.05) is 56.3 Å². The van der Waals surface area contributed by atoms with Gasteiger partial charge in [0.15, 0.2) is 12.4 Å². The van der Waals surface area contributed by atoms with Gasteiger partial charge in [0.25, 0.3) is 0 Å². The van der Waals surface area contributed by atoms with Gasteiger partial charge >= 0.3 is 0 Å². The highest BCUT2D eigenvalue weighted by atomic mass is 127. The summed E-state index contributed by atoms with van der Waals surface area (Å²) in [4.78, 5) is 11.3. The first-order valence-electron chi connectivity index (χ1n) is 11.0. The number of hydrogen-bond acceptors (Lipinski definition) is 2. The maximum Gasteiger partial charge on any atom is 0.220 e. The molecule has 7 aromatic rings. The number of aromatic nitrogens is 3. The monoisotopic (exact) mass is 695 g/mol. The molecule has 0 aliphatic carbocycles. The van der Waals surface area contributed by atoms with Crippen molar-refractivity contribution >= 4 is 65.3 Å². The van der Waals surface area contributed by atoms with Crippen molar-refractivity contribution in [3.05, 3.63) is 103 Å². The van der Waals surface area contributed by atoms with E-state index < -0.39 is 0 Å². The molecule has 0 saturated heterocycles. The third-order valence-electron chi connectivity index (χ3n) is 6.39. The van der Waals surface area contributed by atoms with E-state index in [1.54, 1.807) is 0 Å². The number of benzene rings is 3. The Labute approximate surface area is 240 Å². The predicted octanol–water partition coefficient (Wildman–Crippen LogP) is 0.667. The summed E-state index contributed by atoms with van der Waals surface area (Å²) in [5.41, 5.74) is 5.67. The van der Waals surface area contributed by atoms with Gasteiger partial charge in [0.1, 0.15) is 0 Å². The molecule has 0 aliphatic heterocycles. The fraction of sp³-hybridized carbons (Fsp3) is 0. The molecule has 0 spiro atoms. The molecule has 0 atom stereocenters. The van der Waals surface area contributed by atoms with E-state index in [9.17, 15) is 0 Å². The van der Waals surface area contributed by atoms with Gasteiger partial charge in [0.2, 0.25) is 11.2 Å². The van der Waals surface area contributed by atoms with Gasteiger partial charge in [-0.25, -0.2) is 9.97 Å². The molecule has 35 heavy (non-hydrogen) atoms. The average molecular weight is 695 g/mol. The lowest BCUT2D eigenvalue weighted by Gasteiger charge is -2.08. The summed E-state index contributed by atoms with van der Waals surface area (Å²) in [6.45, 7) is 0. The van der Waals surface area contributed by atoms with Gasteiger partial charge in [-0.1, -0.05) is 30.4 Å². The Bertz CT molecular complexity index is 1830. The molecule has 0 unspecified atom stereocenters. The highest BCUT2D eigenvalue weighted by Crippen LogP contribution is 2.45. The van der Waals surface area contributed by atoms with Gasteiger partial charge in [-0.2, -0.15) is 0 Å². The van der Waals surface area contributed by atoms with Crippen LogP contribution in [0.4, 0.5) is 0 Å². The van der Waals surface area contributed by atoms with E-state index in [-0.39, 0.29) is 48.0 Å². The summed E-state index contributed by atoms with van der Waals surface area (Å²) in [7, 11) is 0. The quantitative estimate of drug-likeness (QED) is 0.198. The molecule has 0 fully saturated rings. The molecular weight excluding hydrogens is 676 g/mol. The van der Waals surface area contributed by atoms with Crippen molar-refractivity contribution in [3.63, 3.8) is 0 Å². The number of H-pyrrole nitrogens is 2. The van der Waals surface area contributed by atoms with Crippen LogP contribution in [0.1, 0.15) is 11.1 Å². The second kappa shape index (κ2) is 9.75. The van der Waals surface area contributed by atoms with Crippen LogP contribution in [0.25, 0.3) is 65.3 Å². The zero-order valence-electron chi connectivity index (χ0n) is 18.4. The van der Waals surface area contributed by atoms with Crippen LogP contribution in [0.15, 0.2) is 91.5 Å². The first-order valence-corrected chi connectivity index (χ1v) is 11.8. The van der Waals surface area contributed by atoms with Crippen LogP contribution in [0.3, 0.4) is 0 Å². The van der Waals surface area contributed by atoms with E-state index >= 15 is 0 Å². The highest BCUT2D eigenvalue weighted by Gasteiger charge is 2.20. The fourth-order valence-electron chi connectivity index (χ4n) is 4.95. The van der Waals surface area contributed by atoms with Gasteiger partial charge in [0.05, 0.1) is 16.3 Å². The standard InChI is InChI=1S/C29H17N3S.2HI/c1-2-14-31-23(7-1)20-13-16-30-17-19(20)10-9-18-11-12-25-28-26(18)29-22(6-4-15-32-29)21-5-3-8-24(33-25)27(21)28;;/h1-17H;2*1H/b10-9+;;. The van der Waals surface area contributed by atoms with Crippen LogP contribution in [-0.4, -0.2) is 4.98 Å². The third-order valence-corrected chi connectivity index (χ3v) is 7.51. The second-order valence-electron chi connectivity index (χ2n) is 8.21. The summed E-state index contributed by atoms with van der Waals surface area (Å²) < 4.78 is 2.67. The van der Waals surface area contributed by atoms with Crippen LogP contribution < -0.4 is 57.9 Å². The summed E-state index contributed by atoms with van der Waals surface area (Å²) in [5, 5.41) is 6.58. The Kier molecular flexibility index (Phi) is 6.69. The molecule has 3 aromatic carbocycles. The number of rotatable bonds is 3. The largest absolute Gasteiger partial charge is 1.00 e. The summed E-state index contributed by atoms with van der Waals surface area (Å²) >= 11 is 1.87. The first-order chi connectivity index (χ1) is 16.4. The molecule has 0 aliphatic rings. The first kappa shape index (κ1) is 24.0. The molecule has 3 nitrogen and oxygen atoms in total. The Morgan fingerprint density at radius 1 is 0.657 bits per heavy atom. The zero-order chi connectivity index (χ0) is 21.8. The molecule has 2 N–H and O–H groups in total. The van der Waals surface area contributed by atoms with Crippen LogP contribution in [0.2, 0.25) is 0 Å². The smallest absolute Gasteiger partial charge is 0.220 e. The fourth-order valence-corrected chi connectivity index (χ4v) is 6.09. The minimum Gasteiger partial charge on any atom is -1.00 e. The summed E-state index contributed by atoms with van der Waals surface area (Å²) in [6.07, 6.45) is 12.1. The molecule has 4 aromatic heterocycles. The lowest BCUT2D eigenvalue weighted by Crippen LogP contribution is -3.00. The maximum absolute atomic E-state index is 4.38. The van der Waals surface area contributed by atoms with Crippen molar-refractivity contribution in [3.8, 4) is 11.3 Å². The third kappa shape index (κ3) is 3.88. The van der Waals surface area contributed by atoms with E-state index in [2.05, 4.69) is 81.7 Å². The van der Waals surface area contributed by atoms with Crippen molar-refractivity contribution in [2.75, 3.05) is 0 Å². The van der Waals surface area contributed by atoms with Gasteiger partial charge in [-0.05, 0) is 41.3 Å². The van der Waals surface area contributed by atoms with Crippen molar-refractivity contribution < 1.29 is 57.9 Å². The Balaban J connectivity index is 0.00000127. The Morgan fingerprint density at radius 3 is 2.37 bits per heavy atom. The molecule has 0 saturated carbocycles. The molecule has 7 rings (SSSR count). The number of fused-ring (bicyclic) bond motifs is 3. The second-order valence-corrected chi connectivity index (χ2v) is 9.30. The van der Waals surface area contributed by atoms with Gasteiger partial charge in [-0.15, -0.1) is 11.3 Å². The van der Waals surface area contributed by atoms with E-state index in [1.807, 2.05) is 48.3 Å². The normalized spacial score (nSPS) is 11.4. The van der Waals surface area contributed by atoms with Crippen molar-refractivity contribution in [2.24, 2.45) is 0 Å². The van der Waals surface area contributed by atoms with Crippen molar-refractivity contribution in [1.29, 1.82) is 0 Å². The maximum atomic E-state index is 4.38. The molecular formula is C29H19I2N3S. The predicted molar refractivity (Wildman–Crippen MR) is 137 cm³/mol. The molecule has 0 amide bonds. The van der Waals surface area contributed by atoms with Gasteiger partial charge < -0.3 is 48.0 Å². The van der Waals surface area contributed by atoms with Crippen molar-refractivity contribution in [2.45, 2.75) is 0 Å². The molecule has 4 heterocycles. The van der Waals surface area contributed by atoms with Gasteiger partial charge in [-0.3, -0.25) is 4.98 Å². The Hall–Kier alpha value is -2.69. The van der Waals surface area contributed by atoms with Crippen LogP contribution in [0.5, 0.6) is 0 Å². The number of nitrogens with one attached hydrogen (secondary N) is 2. The molecule has 0 bridgehead atoms. The molecule has 6 heteroatoms. The number of pyridine rings is 3. The van der Waals surface area contributed by atoms with E-state index in [1.165, 1.54) is 47.4 Å². The number of thiophene rings is 1. The SMILES string of the molecule is C(=C\c1ccc2sc3cccc4c5ccc[nH+]c5c1c2c34)/c1cnccc1-c1cccc[nH+]1.[I-].[I-]. The minimum absolute atomic E-state index is 0. The van der Waals surface area contributed by atoms with Crippen LogP contribution >= 0.6 is 11.3 Å². The molecule has 170 valence electrons. The van der Waals surface area contributed by atoms with Crippen molar-refractivity contribution in [1.82, 2.24) is 4.98 Å². The summed E-state index contributed by atoms with van der Waals surface area (Å²) in [5.74, 6) is 0. The lowest BCUT2D eigenvalue weighted by molar-refractivity contribution is -0.364. The van der Waals surface area contributed by atoms with E-state index in [0.29, 0.717) is 0 Å². The highest BCUT2D eigenvalue weighted by molar-refractivity contribution is 7.26. The zero-order valence-corrected chi connectivity index (χ0v) is 23.6. The van der Waals surface area contributed by atoms with Crippen LogP contribution in [-0.2, 0) is 0 Å². The minimum atomic E-state index is 0. The topological polar surface area (TPSA) is 41.2 Å². The number of halogens is 2. The number of hydrogen-bond donors (Lipinski definition) is 0.